The van der Waals surface area contributed by atoms with Gasteiger partial charge in [0.05, 0.1) is 4.47 Å². The number of aromatic hydroxyl groups is 1. The number of hydrogen-bond donors (Lipinski definition) is 2. The third-order valence-electron chi connectivity index (χ3n) is 1.11. The van der Waals surface area contributed by atoms with Crippen LogP contribution in [0.15, 0.2) is 15.1 Å². The Labute approximate surface area is 109 Å². The van der Waals surface area contributed by atoms with E-state index in [1.54, 1.807) is 0 Å². The number of halogens is 6. The van der Waals surface area contributed by atoms with E-state index in [9.17, 15) is 17.6 Å². The van der Waals surface area contributed by atoms with Crippen molar-refractivity contribution in [3.8, 4) is 5.75 Å². The van der Waals surface area contributed by atoms with Crippen LogP contribution in [0.3, 0.4) is 0 Å². The lowest BCUT2D eigenvalue weighted by Gasteiger charge is -1.97. The summed E-state index contributed by atoms with van der Waals surface area (Å²) >= 11 is 5.80. The van der Waals surface area contributed by atoms with Crippen LogP contribution in [-0.2, 0) is 4.79 Å². The fourth-order valence-corrected chi connectivity index (χ4v) is 1.48. The van der Waals surface area contributed by atoms with Crippen molar-refractivity contribution in [1.82, 2.24) is 4.98 Å². The predicted octanol–water partition coefficient (Wildman–Crippen LogP) is 3.08. The molecule has 1 rings (SSSR count). The molecule has 0 aromatic carbocycles. The SMILES string of the molecule is O=C(O)C(F)(F)F.Oc1c(Br)cc(F)nc1Br. The quantitative estimate of drug-likeness (QED) is 0.532. The maximum absolute atomic E-state index is 12.3. The topological polar surface area (TPSA) is 70.4 Å². The summed E-state index contributed by atoms with van der Waals surface area (Å²) in [7, 11) is 0. The third kappa shape index (κ3) is 5.82. The summed E-state index contributed by atoms with van der Waals surface area (Å²) in [5.41, 5.74) is 0. The highest BCUT2D eigenvalue weighted by atomic mass is 79.9. The van der Waals surface area contributed by atoms with Gasteiger partial charge < -0.3 is 10.2 Å². The van der Waals surface area contributed by atoms with Crippen molar-refractivity contribution in [1.29, 1.82) is 0 Å². The van der Waals surface area contributed by atoms with Crippen LogP contribution in [0.25, 0.3) is 0 Å². The Hall–Kier alpha value is -0.900. The number of hydrogen-bond acceptors (Lipinski definition) is 3. The highest BCUT2D eigenvalue weighted by Crippen LogP contribution is 2.30. The molecule has 1 heterocycles. The number of carbonyl (C=O) groups is 1. The van der Waals surface area contributed by atoms with E-state index >= 15 is 0 Å². The molecule has 0 amide bonds. The zero-order valence-corrected chi connectivity index (χ0v) is 10.8. The Balaban J connectivity index is 0.000000325. The van der Waals surface area contributed by atoms with Gasteiger partial charge in [-0.05, 0) is 31.9 Å². The molecule has 0 saturated heterocycles. The lowest BCUT2D eigenvalue weighted by atomic mass is 10.5. The summed E-state index contributed by atoms with van der Waals surface area (Å²) in [5, 5.41) is 16.1. The first kappa shape index (κ1) is 16.1. The highest BCUT2D eigenvalue weighted by molar-refractivity contribution is 9.11. The van der Waals surface area contributed by atoms with E-state index in [2.05, 4.69) is 36.8 Å². The first-order valence-electron chi connectivity index (χ1n) is 3.56. The number of rotatable bonds is 0. The minimum absolute atomic E-state index is 0.0959. The molecule has 0 fully saturated rings. The van der Waals surface area contributed by atoms with Crippen molar-refractivity contribution in [3.63, 3.8) is 0 Å². The number of pyridine rings is 1. The molecule has 1 aromatic rings. The molecule has 2 N–H and O–H groups in total. The predicted molar refractivity (Wildman–Crippen MR) is 55.0 cm³/mol. The fourth-order valence-electron chi connectivity index (χ4n) is 0.450. The number of carboxylic acid groups (broad SMARTS) is 1. The zero-order chi connectivity index (χ0) is 13.8. The molecule has 0 atom stereocenters. The molecular weight excluding hydrogens is 382 g/mol. The van der Waals surface area contributed by atoms with Gasteiger partial charge in [0.1, 0.15) is 0 Å². The van der Waals surface area contributed by atoms with Crippen LogP contribution in [0, 0.1) is 5.95 Å². The molecule has 0 bridgehead atoms. The molecule has 0 radical (unpaired) electrons. The fraction of sp³-hybridized carbons (Fsp3) is 0.143. The van der Waals surface area contributed by atoms with Crippen LogP contribution in [0.5, 0.6) is 5.75 Å². The molecule has 10 heteroatoms. The smallest absolute Gasteiger partial charge is 0.490 e. The van der Waals surface area contributed by atoms with E-state index in [4.69, 9.17) is 15.0 Å². The van der Waals surface area contributed by atoms with Crippen LogP contribution in [-0.4, -0.2) is 27.3 Å². The van der Waals surface area contributed by atoms with Crippen LogP contribution >= 0.6 is 31.9 Å². The van der Waals surface area contributed by atoms with Crippen molar-refractivity contribution in [2.45, 2.75) is 6.18 Å². The Morgan fingerprint density at radius 1 is 1.35 bits per heavy atom. The van der Waals surface area contributed by atoms with Crippen LogP contribution in [0.4, 0.5) is 17.6 Å². The second-order valence-electron chi connectivity index (χ2n) is 2.37. The normalized spacial score (nSPS) is 10.5. The third-order valence-corrected chi connectivity index (χ3v) is 2.27. The van der Waals surface area contributed by atoms with Gasteiger partial charge >= 0.3 is 12.1 Å². The van der Waals surface area contributed by atoms with Crippen LogP contribution in [0.1, 0.15) is 0 Å². The Morgan fingerprint density at radius 2 is 1.76 bits per heavy atom. The van der Waals surface area contributed by atoms with Crippen LogP contribution < -0.4 is 0 Å². The van der Waals surface area contributed by atoms with E-state index in [1.165, 1.54) is 0 Å². The maximum atomic E-state index is 12.3. The molecule has 4 nitrogen and oxygen atoms in total. The van der Waals surface area contributed by atoms with Gasteiger partial charge in [-0.15, -0.1) is 0 Å². The second-order valence-corrected chi connectivity index (χ2v) is 3.97. The van der Waals surface area contributed by atoms with Crippen molar-refractivity contribution in [3.05, 3.63) is 21.1 Å². The van der Waals surface area contributed by atoms with Gasteiger partial charge in [-0.25, -0.2) is 9.78 Å². The molecule has 1 aromatic heterocycles. The number of aliphatic carboxylic acids is 1. The molecule has 0 spiro atoms. The Morgan fingerprint density at radius 3 is 2.06 bits per heavy atom. The summed E-state index contributed by atoms with van der Waals surface area (Å²) in [6, 6.07) is 1.08. The zero-order valence-electron chi connectivity index (χ0n) is 7.60. The van der Waals surface area contributed by atoms with Gasteiger partial charge in [0, 0.05) is 6.07 Å². The largest absolute Gasteiger partial charge is 0.504 e. The summed E-state index contributed by atoms with van der Waals surface area (Å²) in [6.07, 6.45) is -5.08. The summed E-state index contributed by atoms with van der Waals surface area (Å²) < 4.78 is 44.4. The first-order chi connectivity index (χ1) is 7.55. The van der Waals surface area contributed by atoms with E-state index in [0.29, 0.717) is 0 Å². The highest BCUT2D eigenvalue weighted by Gasteiger charge is 2.38. The number of aromatic nitrogens is 1. The van der Waals surface area contributed by atoms with E-state index in [-0.39, 0.29) is 14.8 Å². The summed E-state index contributed by atoms with van der Waals surface area (Å²) in [6.45, 7) is 0. The average molecular weight is 385 g/mol. The summed E-state index contributed by atoms with van der Waals surface area (Å²) in [5.74, 6) is -3.49. The van der Waals surface area contributed by atoms with Crippen molar-refractivity contribution >= 4 is 37.8 Å². The molecular formula is C7H3Br2F4NO3. The minimum Gasteiger partial charge on any atom is -0.504 e. The Bertz CT molecular complexity index is 401. The van der Waals surface area contributed by atoms with E-state index in [1.807, 2.05) is 0 Å². The molecule has 0 aliphatic heterocycles. The van der Waals surface area contributed by atoms with E-state index in [0.717, 1.165) is 6.07 Å². The molecule has 96 valence electrons. The minimum atomic E-state index is -5.08. The van der Waals surface area contributed by atoms with Gasteiger partial charge in [-0.1, -0.05) is 0 Å². The standard InChI is InChI=1S/C5H2Br2FNO.C2HF3O2/c6-2-1-3(8)9-5(7)4(2)10;3-2(4,5)1(6)7/h1,10H;(H,6,7). The monoisotopic (exact) mass is 383 g/mol. The van der Waals surface area contributed by atoms with Gasteiger partial charge in [0.15, 0.2) is 10.4 Å². The lowest BCUT2D eigenvalue weighted by Crippen LogP contribution is -2.21. The maximum Gasteiger partial charge on any atom is 0.490 e. The summed E-state index contributed by atoms with van der Waals surface area (Å²) in [4.78, 5) is 12.2. The van der Waals surface area contributed by atoms with Gasteiger partial charge in [0.25, 0.3) is 0 Å². The molecule has 0 saturated carbocycles. The lowest BCUT2D eigenvalue weighted by molar-refractivity contribution is -0.192. The van der Waals surface area contributed by atoms with Crippen molar-refractivity contribution in [2.75, 3.05) is 0 Å². The average Bonchev–Trinajstić information content (AvgIpc) is 2.13. The number of alkyl halides is 3. The van der Waals surface area contributed by atoms with Crippen molar-refractivity contribution in [2.24, 2.45) is 0 Å². The molecule has 17 heavy (non-hydrogen) atoms. The van der Waals surface area contributed by atoms with Gasteiger partial charge in [-0.3, -0.25) is 0 Å². The van der Waals surface area contributed by atoms with Crippen LogP contribution in [0.2, 0.25) is 0 Å². The van der Waals surface area contributed by atoms with Crippen molar-refractivity contribution < 1.29 is 32.6 Å². The van der Waals surface area contributed by atoms with Gasteiger partial charge in [-0.2, -0.15) is 17.6 Å². The molecule has 0 unspecified atom stereocenters. The van der Waals surface area contributed by atoms with E-state index < -0.39 is 18.1 Å². The second kappa shape index (κ2) is 6.15. The first-order valence-corrected chi connectivity index (χ1v) is 5.15. The number of nitrogens with zero attached hydrogens (tertiary/aromatic N) is 1. The molecule has 0 aliphatic carbocycles. The van der Waals surface area contributed by atoms with Gasteiger partial charge in [0.2, 0.25) is 5.95 Å². The number of carboxylic acids is 1. The molecule has 0 aliphatic rings. The Kier molecular flexibility index (Phi) is 5.82.